The smallest absolute Gasteiger partial charge is 0.311 e. The van der Waals surface area contributed by atoms with E-state index in [4.69, 9.17) is 14.6 Å². The average molecular weight is 243 g/mol. The minimum Gasteiger partial charge on any atom is -0.481 e. The summed E-state index contributed by atoms with van der Waals surface area (Å²) in [5, 5.41) is 9.03. The van der Waals surface area contributed by atoms with E-state index >= 15 is 0 Å². The topological polar surface area (TPSA) is 76.1 Å². The van der Waals surface area contributed by atoms with Crippen LogP contribution in [0, 0.1) is 5.92 Å². The monoisotopic (exact) mass is 243 g/mol. The van der Waals surface area contributed by atoms with Crippen LogP contribution >= 0.6 is 0 Å². The Balaban J connectivity index is 2.00. The molecule has 0 aliphatic carbocycles. The number of carbonyl (C=O) groups excluding carboxylic acids is 1. The lowest BCUT2D eigenvalue weighted by molar-refractivity contribution is -0.147. The number of carbonyl (C=O) groups is 2. The lowest BCUT2D eigenvalue weighted by Gasteiger charge is -2.28. The minimum atomic E-state index is -0.917. The van der Waals surface area contributed by atoms with Crippen molar-refractivity contribution < 1.29 is 24.2 Å². The first-order valence-corrected chi connectivity index (χ1v) is 5.80. The quantitative estimate of drug-likeness (QED) is 0.738. The third kappa shape index (κ3) is 2.42. The highest BCUT2D eigenvalue weighted by Crippen LogP contribution is 2.22. The van der Waals surface area contributed by atoms with Crippen LogP contribution in [0.1, 0.15) is 12.8 Å². The normalized spacial score (nSPS) is 32.6. The van der Waals surface area contributed by atoms with Crippen molar-refractivity contribution in [3.8, 4) is 0 Å². The molecule has 2 aliphatic rings. The molecule has 1 amide bonds. The van der Waals surface area contributed by atoms with Crippen LogP contribution in [-0.4, -0.2) is 60.9 Å². The number of aliphatic carboxylic acids is 1. The summed E-state index contributed by atoms with van der Waals surface area (Å²) in [5.41, 5.74) is 0. The van der Waals surface area contributed by atoms with Crippen molar-refractivity contribution in [1.29, 1.82) is 0 Å². The van der Waals surface area contributed by atoms with Gasteiger partial charge < -0.3 is 19.5 Å². The first-order valence-electron chi connectivity index (χ1n) is 5.80. The van der Waals surface area contributed by atoms with Crippen molar-refractivity contribution in [3.05, 3.63) is 0 Å². The molecule has 3 atom stereocenters. The van der Waals surface area contributed by atoms with Gasteiger partial charge in [-0.2, -0.15) is 0 Å². The van der Waals surface area contributed by atoms with E-state index in [1.54, 1.807) is 7.05 Å². The summed E-state index contributed by atoms with van der Waals surface area (Å²) in [6.45, 7) is 1.06. The third-order valence-electron chi connectivity index (χ3n) is 3.42. The van der Waals surface area contributed by atoms with Gasteiger partial charge in [-0.3, -0.25) is 9.59 Å². The van der Waals surface area contributed by atoms with E-state index in [0.29, 0.717) is 13.0 Å². The number of carboxylic acids is 1. The highest BCUT2D eigenvalue weighted by atomic mass is 16.5. The summed E-state index contributed by atoms with van der Waals surface area (Å²) < 4.78 is 10.5. The summed E-state index contributed by atoms with van der Waals surface area (Å²) in [7, 11) is 1.62. The van der Waals surface area contributed by atoms with E-state index < -0.39 is 18.0 Å². The Bertz CT molecular complexity index is 313. The zero-order valence-electron chi connectivity index (χ0n) is 9.80. The molecule has 0 spiro atoms. The standard InChI is InChI=1S/C11H17NO5/c1-12(10(13)9-3-2-4-17-9)8-6-16-5-7(8)11(14)15/h7-9H,2-6H2,1H3,(H,14,15)/t7?,8?,9-/m0/s1. The molecular formula is C11H17NO5. The van der Waals surface area contributed by atoms with Gasteiger partial charge in [-0.15, -0.1) is 0 Å². The molecule has 17 heavy (non-hydrogen) atoms. The van der Waals surface area contributed by atoms with Gasteiger partial charge in [0.1, 0.15) is 12.0 Å². The van der Waals surface area contributed by atoms with Crippen molar-refractivity contribution in [2.75, 3.05) is 26.9 Å². The molecule has 2 saturated heterocycles. The Morgan fingerprint density at radius 3 is 2.71 bits per heavy atom. The molecule has 2 rings (SSSR count). The molecule has 0 bridgehead atoms. The maximum absolute atomic E-state index is 12.1. The molecule has 96 valence electrons. The molecule has 0 radical (unpaired) electrons. The van der Waals surface area contributed by atoms with E-state index in [9.17, 15) is 9.59 Å². The number of hydrogen-bond acceptors (Lipinski definition) is 4. The second-order valence-electron chi connectivity index (χ2n) is 4.50. The van der Waals surface area contributed by atoms with Gasteiger partial charge in [0.25, 0.3) is 5.91 Å². The van der Waals surface area contributed by atoms with Crippen LogP contribution in [0.15, 0.2) is 0 Å². The molecule has 6 heteroatoms. The van der Waals surface area contributed by atoms with Crippen molar-refractivity contribution >= 4 is 11.9 Å². The van der Waals surface area contributed by atoms with Crippen molar-refractivity contribution in [3.63, 3.8) is 0 Å². The lowest BCUT2D eigenvalue weighted by atomic mass is 10.0. The molecule has 2 unspecified atom stereocenters. The molecule has 2 aliphatic heterocycles. The van der Waals surface area contributed by atoms with Crippen molar-refractivity contribution in [2.24, 2.45) is 5.92 Å². The number of ether oxygens (including phenoxy) is 2. The Kier molecular flexibility index (Phi) is 3.63. The molecule has 0 aromatic heterocycles. The predicted octanol–water partition coefficient (Wildman–Crippen LogP) is -0.277. The molecule has 0 aromatic carbocycles. The molecule has 2 fully saturated rings. The summed E-state index contributed by atoms with van der Waals surface area (Å²) in [4.78, 5) is 24.5. The van der Waals surface area contributed by atoms with Crippen LogP contribution in [0.3, 0.4) is 0 Å². The van der Waals surface area contributed by atoms with E-state index in [-0.39, 0.29) is 25.2 Å². The van der Waals surface area contributed by atoms with Crippen LogP contribution in [0.25, 0.3) is 0 Å². The van der Waals surface area contributed by atoms with Gasteiger partial charge in [0.05, 0.1) is 19.3 Å². The van der Waals surface area contributed by atoms with Gasteiger partial charge in [-0.05, 0) is 12.8 Å². The van der Waals surface area contributed by atoms with Gasteiger partial charge in [-0.1, -0.05) is 0 Å². The second kappa shape index (κ2) is 5.01. The summed E-state index contributed by atoms with van der Waals surface area (Å²) >= 11 is 0. The highest BCUT2D eigenvalue weighted by molar-refractivity contribution is 5.82. The van der Waals surface area contributed by atoms with Gasteiger partial charge in [0, 0.05) is 13.7 Å². The van der Waals surface area contributed by atoms with E-state index in [1.807, 2.05) is 0 Å². The lowest BCUT2D eigenvalue weighted by Crippen LogP contribution is -2.47. The maximum atomic E-state index is 12.1. The van der Waals surface area contributed by atoms with Crippen LogP contribution < -0.4 is 0 Å². The number of nitrogens with zero attached hydrogens (tertiary/aromatic N) is 1. The Hall–Kier alpha value is -1.14. The number of amides is 1. The maximum Gasteiger partial charge on any atom is 0.311 e. The Morgan fingerprint density at radius 1 is 1.35 bits per heavy atom. The van der Waals surface area contributed by atoms with Crippen LogP contribution in [-0.2, 0) is 19.1 Å². The molecule has 2 heterocycles. The van der Waals surface area contributed by atoms with E-state index in [2.05, 4.69) is 0 Å². The fourth-order valence-electron chi connectivity index (χ4n) is 2.32. The number of carboxylic acid groups (broad SMARTS) is 1. The van der Waals surface area contributed by atoms with Crippen molar-refractivity contribution in [1.82, 2.24) is 4.90 Å². The average Bonchev–Trinajstić information content (AvgIpc) is 2.97. The summed E-state index contributed by atoms with van der Waals surface area (Å²) in [5.74, 6) is -1.69. The largest absolute Gasteiger partial charge is 0.481 e. The molecule has 1 N–H and O–H groups in total. The van der Waals surface area contributed by atoms with Gasteiger partial charge >= 0.3 is 5.97 Å². The third-order valence-corrected chi connectivity index (χ3v) is 3.42. The van der Waals surface area contributed by atoms with Crippen LogP contribution in [0.5, 0.6) is 0 Å². The molecule has 0 aromatic rings. The number of hydrogen-bond donors (Lipinski definition) is 1. The SMILES string of the molecule is CN(C(=O)[C@@H]1CCCO1)C1COCC1C(=O)O. The van der Waals surface area contributed by atoms with E-state index in [0.717, 1.165) is 6.42 Å². The number of likely N-dealkylation sites (N-methyl/N-ethyl adjacent to an activating group) is 1. The van der Waals surface area contributed by atoms with Gasteiger partial charge in [-0.25, -0.2) is 0 Å². The molecule has 0 saturated carbocycles. The Morgan fingerprint density at radius 2 is 2.12 bits per heavy atom. The number of rotatable bonds is 3. The first kappa shape index (κ1) is 12.3. The Labute approximate surface area is 99.5 Å². The fourth-order valence-corrected chi connectivity index (χ4v) is 2.32. The molecular weight excluding hydrogens is 226 g/mol. The van der Waals surface area contributed by atoms with Crippen LogP contribution in [0.4, 0.5) is 0 Å². The molecule has 6 nitrogen and oxygen atoms in total. The van der Waals surface area contributed by atoms with Crippen molar-refractivity contribution in [2.45, 2.75) is 25.0 Å². The second-order valence-corrected chi connectivity index (χ2v) is 4.50. The highest BCUT2D eigenvalue weighted by Gasteiger charge is 2.40. The fraction of sp³-hybridized carbons (Fsp3) is 0.818. The van der Waals surface area contributed by atoms with Gasteiger partial charge in [0.2, 0.25) is 0 Å². The zero-order valence-corrected chi connectivity index (χ0v) is 9.80. The van der Waals surface area contributed by atoms with E-state index in [1.165, 1.54) is 4.90 Å². The first-order chi connectivity index (χ1) is 8.11. The van der Waals surface area contributed by atoms with Crippen LogP contribution in [0.2, 0.25) is 0 Å². The zero-order chi connectivity index (χ0) is 12.4. The van der Waals surface area contributed by atoms with Gasteiger partial charge in [0.15, 0.2) is 0 Å². The predicted molar refractivity (Wildman–Crippen MR) is 57.5 cm³/mol. The minimum absolute atomic E-state index is 0.135. The summed E-state index contributed by atoms with van der Waals surface area (Å²) in [6, 6.07) is -0.385. The summed E-state index contributed by atoms with van der Waals surface area (Å²) in [6.07, 6.45) is 1.19.